The van der Waals surface area contributed by atoms with E-state index in [2.05, 4.69) is 127 Å². The third-order valence-electron chi connectivity index (χ3n) is 17.2. The maximum atomic E-state index is 6.66. The van der Waals surface area contributed by atoms with Crippen LogP contribution in [0.15, 0.2) is 248 Å². The van der Waals surface area contributed by atoms with E-state index in [0.29, 0.717) is 0 Å². The molecule has 9 heteroatoms. The fourth-order valence-electron chi connectivity index (χ4n) is 12.3. The number of hydrogen-bond acceptors (Lipinski definition) is 9. The van der Waals surface area contributed by atoms with Crippen LogP contribution >= 0.6 is 0 Å². The Morgan fingerprint density at radius 2 is 0.460 bits per heavy atom. The molecule has 9 aromatic rings. The summed E-state index contributed by atoms with van der Waals surface area (Å²) in [5, 5.41) is 0. The number of aliphatic imine (C=N–C) groups is 6. The molecule has 432 valence electrons. The molecular weight excluding hydrogens is 1070 g/mol. The summed E-state index contributed by atoms with van der Waals surface area (Å²) >= 11 is 0. The maximum Gasteiger partial charge on any atom is 0.136 e. The van der Waals surface area contributed by atoms with Crippen LogP contribution in [-0.2, 0) is 0 Å². The lowest BCUT2D eigenvalue weighted by molar-refractivity contribution is 0.390. The zero-order valence-electron chi connectivity index (χ0n) is 49.1. The van der Waals surface area contributed by atoms with Crippen LogP contribution < -0.4 is 14.2 Å². The lowest BCUT2D eigenvalue weighted by Gasteiger charge is -2.25. The molecule has 0 aromatic heterocycles. The van der Waals surface area contributed by atoms with E-state index in [1.807, 2.05) is 128 Å². The summed E-state index contributed by atoms with van der Waals surface area (Å²) in [5.74, 6) is 4.55. The Balaban J connectivity index is 0.832. The second-order valence-corrected chi connectivity index (χ2v) is 23.3. The predicted molar refractivity (Wildman–Crippen MR) is 359 cm³/mol. The molecule has 0 radical (unpaired) electrons. The molecule has 0 saturated heterocycles. The number of hydrogen-bond donors (Lipinski definition) is 0. The van der Waals surface area contributed by atoms with Gasteiger partial charge in [0.15, 0.2) is 0 Å². The molecule has 3 aliphatic carbocycles. The summed E-state index contributed by atoms with van der Waals surface area (Å²) in [7, 11) is 0. The van der Waals surface area contributed by atoms with Crippen LogP contribution in [0.1, 0.15) is 110 Å². The van der Waals surface area contributed by atoms with Gasteiger partial charge in [-0.05, 0) is 161 Å². The number of ether oxygens (including phenoxy) is 3. The quantitative estimate of drug-likeness (QED) is 0.166. The van der Waals surface area contributed by atoms with Crippen molar-refractivity contribution >= 4 is 37.3 Å². The first kappa shape index (κ1) is 56.5. The molecule has 6 atom stereocenters. The van der Waals surface area contributed by atoms with E-state index < -0.39 is 0 Å². The maximum absolute atomic E-state index is 6.66. The first-order valence-electron chi connectivity index (χ1n) is 31.2. The fraction of sp³-hybridized carbons (Fsp3) is 0.231. The Labute approximate surface area is 511 Å². The predicted octanol–water partition coefficient (Wildman–Crippen LogP) is 18.9. The van der Waals surface area contributed by atoms with Gasteiger partial charge in [-0.2, -0.15) is 0 Å². The summed E-state index contributed by atoms with van der Waals surface area (Å²) in [5.41, 5.74) is 12.4. The highest BCUT2D eigenvalue weighted by molar-refractivity contribution is 5.89. The van der Waals surface area contributed by atoms with Gasteiger partial charge in [-0.3, -0.25) is 30.0 Å². The minimum atomic E-state index is 0.00722. The average Bonchev–Trinajstić information content (AvgIpc) is 3.73. The molecule has 3 fully saturated rings. The van der Waals surface area contributed by atoms with Crippen molar-refractivity contribution in [3.8, 4) is 67.9 Å². The molecule has 0 N–H and O–H groups in total. The molecule has 7 aliphatic heterocycles. The SMILES string of the molecule is C1=N[C@@H]2CCCC[C@H]2N=Cc2ccc(cc2)-c2ccc(c(Oc3ccccc3)c2)C=N[C@@H]2CCCC[C@H]2N=Cc2ccc(cc2Oc2ccccc2)-c2ccc(cc2)C=N[C@@H]2CCCC[C@H]2N=Cc2ccc(cc2Oc2ccccc2)-c2ccc1cc2. The Bertz CT molecular complexity index is 3930. The zero-order chi connectivity index (χ0) is 58.4. The summed E-state index contributed by atoms with van der Waals surface area (Å²) < 4.78 is 19.9. The molecular formula is C78H72N6O3. The minimum Gasteiger partial charge on any atom is -0.457 e. The van der Waals surface area contributed by atoms with Crippen LogP contribution in [0.2, 0.25) is 0 Å². The summed E-state index contributed by atoms with van der Waals surface area (Å²) in [4.78, 5) is 31.4. The highest BCUT2D eigenvalue weighted by Gasteiger charge is 2.26. The van der Waals surface area contributed by atoms with Crippen molar-refractivity contribution in [3.05, 3.63) is 252 Å². The second kappa shape index (κ2) is 27.6. The minimum absolute atomic E-state index is 0.00722. The van der Waals surface area contributed by atoms with Gasteiger partial charge in [-0.1, -0.05) is 184 Å². The van der Waals surface area contributed by atoms with E-state index in [9.17, 15) is 0 Å². The topological polar surface area (TPSA) is 102 Å². The van der Waals surface area contributed by atoms with E-state index in [-0.39, 0.29) is 36.3 Å². The normalized spacial score (nSPS) is 20.3. The molecule has 0 unspecified atom stereocenters. The molecule has 3 saturated carbocycles. The molecule has 0 amide bonds. The van der Waals surface area contributed by atoms with Crippen LogP contribution in [0.3, 0.4) is 0 Å². The van der Waals surface area contributed by atoms with Crippen molar-refractivity contribution in [1.82, 2.24) is 0 Å². The van der Waals surface area contributed by atoms with Crippen molar-refractivity contribution in [2.75, 3.05) is 0 Å². The lowest BCUT2D eigenvalue weighted by Crippen LogP contribution is -2.27. The van der Waals surface area contributed by atoms with E-state index in [4.69, 9.17) is 44.2 Å². The van der Waals surface area contributed by atoms with Crippen molar-refractivity contribution in [3.63, 3.8) is 0 Å². The first-order chi connectivity index (χ1) is 43.0. The molecule has 10 aliphatic rings. The van der Waals surface area contributed by atoms with Crippen LogP contribution in [0.5, 0.6) is 34.5 Å². The third-order valence-corrected chi connectivity index (χ3v) is 17.2. The largest absolute Gasteiger partial charge is 0.457 e. The van der Waals surface area contributed by atoms with Crippen LogP contribution in [0.25, 0.3) is 33.4 Å². The third kappa shape index (κ3) is 14.6. The molecule has 9 nitrogen and oxygen atoms in total. The van der Waals surface area contributed by atoms with Gasteiger partial charge < -0.3 is 14.2 Å². The number of nitrogens with zero attached hydrogens (tertiary/aromatic N) is 6. The molecule has 9 aromatic carbocycles. The lowest BCUT2D eigenvalue weighted by atomic mass is 9.91. The Hall–Kier alpha value is -9.60. The molecule has 7 heterocycles. The van der Waals surface area contributed by atoms with Gasteiger partial charge in [0.2, 0.25) is 0 Å². The second-order valence-electron chi connectivity index (χ2n) is 23.3. The standard InChI is InChI=1S/C78H72N6O3/c1-4-16-67(17-5-1)85-76-46-61-40-43-64(76)52-82-73-25-13-12-24-72(73)81-51-57-32-38-60(39-33-57)63-42-45-66(78(48-63)87-69-20-8-3-9-21-69)54-84-75-27-15-14-26-74(75)83-53-65-44-41-62(47-77(65)86-68-18-6-2-7-19-68)59-36-30-56(31-37-59)50-80-71-23-11-10-22-70(71)79-49-55-28-34-58(61)35-29-55/h1-9,16-21,28-54,70-75H,10-15,22-27H2/t70-,71-,72-,73-,74-,75-/m1/s1. The van der Waals surface area contributed by atoms with E-state index >= 15 is 0 Å². The molecule has 19 rings (SSSR count). The van der Waals surface area contributed by atoms with Crippen LogP contribution in [0, 0.1) is 0 Å². The fourth-order valence-corrected chi connectivity index (χ4v) is 12.3. The number of rotatable bonds is 6. The van der Waals surface area contributed by atoms with Crippen molar-refractivity contribution in [2.24, 2.45) is 30.0 Å². The monoisotopic (exact) mass is 1140 g/mol. The van der Waals surface area contributed by atoms with E-state index in [1.165, 1.54) is 0 Å². The number of benzene rings is 9. The van der Waals surface area contributed by atoms with Crippen molar-refractivity contribution < 1.29 is 14.2 Å². The molecule has 87 heavy (non-hydrogen) atoms. The van der Waals surface area contributed by atoms with Crippen molar-refractivity contribution in [2.45, 2.75) is 113 Å². The number of para-hydroxylation sites is 3. The van der Waals surface area contributed by atoms with E-state index in [0.717, 1.165) is 178 Å². The smallest absolute Gasteiger partial charge is 0.136 e. The Kier molecular flexibility index (Phi) is 17.9. The van der Waals surface area contributed by atoms with Gasteiger partial charge >= 0.3 is 0 Å². The first-order valence-corrected chi connectivity index (χ1v) is 31.2. The highest BCUT2D eigenvalue weighted by Crippen LogP contribution is 2.36. The molecule has 0 spiro atoms. The van der Waals surface area contributed by atoms with Gasteiger partial charge in [0.25, 0.3) is 0 Å². The zero-order valence-corrected chi connectivity index (χ0v) is 49.1. The Morgan fingerprint density at radius 3 is 0.713 bits per heavy atom. The van der Waals surface area contributed by atoms with E-state index in [1.54, 1.807) is 0 Å². The van der Waals surface area contributed by atoms with Gasteiger partial charge in [0, 0.05) is 54.0 Å². The van der Waals surface area contributed by atoms with Crippen molar-refractivity contribution in [1.29, 1.82) is 0 Å². The van der Waals surface area contributed by atoms with Crippen LogP contribution in [0.4, 0.5) is 0 Å². The highest BCUT2D eigenvalue weighted by atomic mass is 16.5. The van der Waals surface area contributed by atoms with Gasteiger partial charge in [0.05, 0.1) is 36.3 Å². The van der Waals surface area contributed by atoms with Gasteiger partial charge in [-0.15, -0.1) is 0 Å². The van der Waals surface area contributed by atoms with Crippen LogP contribution in [-0.4, -0.2) is 73.5 Å². The molecule has 12 bridgehead atoms. The van der Waals surface area contributed by atoms with Gasteiger partial charge in [0.1, 0.15) is 34.5 Å². The summed E-state index contributed by atoms with van der Waals surface area (Å²) in [6.45, 7) is 0. The average molecular weight is 1140 g/mol. The summed E-state index contributed by atoms with van der Waals surface area (Å²) in [6.07, 6.45) is 24.7. The summed E-state index contributed by atoms with van der Waals surface area (Å²) in [6, 6.07) is 75.5. The Morgan fingerprint density at radius 1 is 0.230 bits per heavy atom. The van der Waals surface area contributed by atoms with Gasteiger partial charge in [-0.25, -0.2) is 0 Å². The number of fused-ring (bicyclic) bond motifs is 6.